The largest absolute Gasteiger partial charge is 0.280 e. The van der Waals surface area contributed by atoms with Crippen molar-refractivity contribution in [3.63, 3.8) is 0 Å². The molecule has 0 unspecified atom stereocenters. The van der Waals surface area contributed by atoms with Gasteiger partial charge in [-0.15, -0.1) is 0 Å². The zero-order valence-electron chi connectivity index (χ0n) is 15.9. The minimum atomic E-state index is -3.79. The smallest absolute Gasteiger partial charge is 0.261 e. The number of amides is 2. The molecule has 3 aromatic carbocycles. The molecule has 8 heteroatoms. The predicted octanol–water partition coefficient (Wildman–Crippen LogP) is 4.25. The highest BCUT2D eigenvalue weighted by Crippen LogP contribution is 2.28. The molecule has 1 N–H and O–H groups in total. The van der Waals surface area contributed by atoms with Crippen molar-refractivity contribution in [2.75, 3.05) is 4.72 Å². The summed E-state index contributed by atoms with van der Waals surface area (Å²) in [7, 11) is -3.79. The summed E-state index contributed by atoms with van der Waals surface area (Å²) in [5.74, 6) is -0.811. The first-order valence-corrected chi connectivity index (χ1v) is 11.0. The second-order valence-corrected chi connectivity index (χ2v) is 9.06. The van der Waals surface area contributed by atoms with Gasteiger partial charge in [0, 0.05) is 10.7 Å². The molecule has 0 atom stereocenters. The molecule has 0 spiro atoms. The van der Waals surface area contributed by atoms with E-state index in [2.05, 4.69) is 4.72 Å². The van der Waals surface area contributed by atoms with Crippen LogP contribution in [0, 0.1) is 6.92 Å². The number of halogens is 1. The van der Waals surface area contributed by atoms with Gasteiger partial charge in [0.1, 0.15) is 0 Å². The minimum Gasteiger partial charge on any atom is -0.280 e. The van der Waals surface area contributed by atoms with Crippen molar-refractivity contribution in [1.82, 2.24) is 4.90 Å². The number of carbonyl (C=O) groups is 2. The molecular weight excluding hydrogens is 424 g/mol. The Morgan fingerprint density at radius 3 is 2.10 bits per heavy atom. The number of benzene rings is 3. The summed E-state index contributed by atoms with van der Waals surface area (Å²) in [6.45, 7) is 1.81. The van der Waals surface area contributed by atoms with Gasteiger partial charge in [-0.3, -0.25) is 19.2 Å². The summed E-state index contributed by atoms with van der Waals surface area (Å²) >= 11 is 6.26. The van der Waals surface area contributed by atoms with Crippen molar-refractivity contribution < 1.29 is 18.0 Å². The number of hydrogen-bond acceptors (Lipinski definition) is 4. The van der Waals surface area contributed by atoms with Gasteiger partial charge >= 0.3 is 0 Å². The van der Waals surface area contributed by atoms with Gasteiger partial charge in [-0.1, -0.05) is 41.4 Å². The Kier molecular flexibility index (Phi) is 5.09. The van der Waals surface area contributed by atoms with E-state index >= 15 is 0 Å². The fourth-order valence-corrected chi connectivity index (χ4v) is 4.47. The molecule has 0 aliphatic carbocycles. The van der Waals surface area contributed by atoms with Crippen LogP contribution in [0.25, 0.3) is 0 Å². The van der Waals surface area contributed by atoms with Crippen molar-refractivity contribution in [2.24, 2.45) is 0 Å². The first-order valence-electron chi connectivity index (χ1n) is 9.09. The van der Waals surface area contributed by atoms with Crippen LogP contribution in [0.15, 0.2) is 71.6 Å². The number of hydrogen-bond donors (Lipinski definition) is 1. The average Bonchev–Trinajstić information content (AvgIpc) is 2.96. The van der Waals surface area contributed by atoms with Crippen molar-refractivity contribution in [3.05, 3.63) is 94.0 Å². The zero-order valence-corrected chi connectivity index (χ0v) is 17.5. The van der Waals surface area contributed by atoms with E-state index in [0.717, 1.165) is 10.5 Å². The Morgan fingerprint density at radius 1 is 0.900 bits per heavy atom. The summed E-state index contributed by atoms with van der Waals surface area (Å²) in [6, 6.07) is 17.6. The molecular formula is C22H17ClN2O4S. The maximum atomic E-state index is 12.6. The molecule has 1 heterocycles. The Labute approximate surface area is 179 Å². The van der Waals surface area contributed by atoms with Crippen LogP contribution in [0.1, 0.15) is 31.8 Å². The van der Waals surface area contributed by atoms with Crippen LogP contribution in [-0.2, 0) is 16.6 Å². The Balaban J connectivity index is 1.59. The van der Waals surface area contributed by atoms with E-state index in [4.69, 9.17) is 11.6 Å². The third kappa shape index (κ3) is 3.69. The molecule has 2 amide bonds. The first kappa shape index (κ1) is 20.1. The maximum Gasteiger partial charge on any atom is 0.261 e. The Morgan fingerprint density at radius 2 is 1.50 bits per heavy atom. The van der Waals surface area contributed by atoms with E-state index in [9.17, 15) is 18.0 Å². The highest BCUT2D eigenvalue weighted by atomic mass is 35.5. The molecule has 0 fully saturated rings. The lowest BCUT2D eigenvalue weighted by atomic mass is 10.1. The SMILES string of the molecule is Cc1ccc(S(=O)(=O)Nc2ccc(Cl)c(CN3C(=O)c4ccccc4C3=O)c2)cc1. The Bertz CT molecular complexity index is 1240. The van der Waals surface area contributed by atoms with Gasteiger partial charge in [-0.2, -0.15) is 0 Å². The number of nitrogens with one attached hydrogen (secondary N) is 1. The Hall–Kier alpha value is -3.16. The third-order valence-electron chi connectivity index (χ3n) is 4.84. The lowest BCUT2D eigenvalue weighted by Crippen LogP contribution is -2.29. The highest BCUT2D eigenvalue weighted by Gasteiger charge is 2.35. The minimum absolute atomic E-state index is 0.0642. The van der Waals surface area contributed by atoms with Crippen molar-refractivity contribution in [2.45, 2.75) is 18.4 Å². The van der Waals surface area contributed by atoms with Crippen molar-refractivity contribution in [3.8, 4) is 0 Å². The number of aryl methyl sites for hydroxylation is 1. The van der Waals surface area contributed by atoms with Gasteiger partial charge < -0.3 is 0 Å². The fourth-order valence-electron chi connectivity index (χ4n) is 3.24. The van der Waals surface area contributed by atoms with Gasteiger partial charge in [0.2, 0.25) is 0 Å². The number of rotatable bonds is 5. The molecule has 0 saturated heterocycles. The molecule has 6 nitrogen and oxygen atoms in total. The van der Waals surface area contributed by atoms with Crippen LogP contribution < -0.4 is 4.72 Å². The number of fused-ring (bicyclic) bond motifs is 1. The molecule has 0 saturated carbocycles. The number of imide groups is 1. The second-order valence-electron chi connectivity index (χ2n) is 6.97. The molecule has 3 aromatic rings. The third-order valence-corrected chi connectivity index (χ3v) is 6.60. The van der Waals surface area contributed by atoms with Crippen LogP contribution in [-0.4, -0.2) is 25.1 Å². The lowest BCUT2D eigenvalue weighted by molar-refractivity contribution is 0.0642. The predicted molar refractivity (Wildman–Crippen MR) is 114 cm³/mol. The van der Waals surface area contributed by atoms with E-state index in [-0.39, 0.29) is 17.1 Å². The average molecular weight is 441 g/mol. The lowest BCUT2D eigenvalue weighted by Gasteiger charge is -2.16. The van der Waals surface area contributed by atoms with Crippen LogP contribution in [0.5, 0.6) is 0 Å². The van der Waals surface area contributed by atoms with Gasteiger partial charge in [0.05, 0.1) is 22.6 Å². The van der Waals surface area contributed by atoms with Crippen LogP contribution in [0.4, 0.5) is 5.69 Å². The van der Waals surface area contributed by atoms with E-state index in [1.165, 1.54) is 30.3 Å². The quantitative estimate of drug-likeness (QED) is 0.601. The summed E-state index contributed by atoms with van der Waals surface area (Å²) < 4.78 is 27.8. The van der Waals surface area contributed by atoms with E-state index in [1.54, 1.807) is 36.4 Å². The zero-order chi connectivity index (χ0) is 21.5. The van der Waals surface area contributed by atoms with Crippen LogP contribution in [0.2, 0.25) is 5.02 Å². The summed E-state index contributed by atoms with van der Waals surface area (Å²) in [5.41, 5.74) is 2.37. The molecule has 0 bridgehead atoms. The molecule has 1 aliphatic rings. The number of carbonyl (C=O) groups excluding carboxylic acids is 2. The topological polar surface area (TPSA) is 83.6 Å². The van der Waals surface area contributed by atoms with E-state index < -0.39 is 21.8 Å². The van der Waals surface area contributed by atoms with Gasteiger partial charge in [-0.25, -0.2) is 8.42 Å². The molecule has 0 radical (unpaired) electrons. The summed E-state index contributed by atoms with van der Waals surface area (Å²) in [6.07, 6.45) is 0. The second kappa shape index (κ2) is 7.59. The molecule has 30 heavy (non-hydrogen) atoms. The fraction of sp³-hybridized carbons (Fsp3) is 0.0909. The monoisotopic (exact) mass is 440 g/mol. The molecule has 0 aromatic heterocycles. The molecule has 1 aliphatic heterocycles. The van der Waals surface area contributed by atoms with Gasteiger partial charge in [0.15, 0.2) is 0 Å². The normalized spacial score (nSPS) is 13.5. The standard InChI is InChI=1S/C22H17ClN2O4S/c1-14-6-9-17(10-7-14)30(28,29)24-16-8-11-20(23)15(12-16)13-25-21(26)18-4-2-3-5-19(18)22(25)27/h2-12,24H,13H2,1H3. The number of sulfonamides is 1. The maximum absolute atomic E-state index is 12.6. The van der Waals surface area contributed by atoms with Crippen molar-refractivity contribution in [1.29, 1.82) is 0 Å². The number of nitrogens with zero attached hydrogens (tertiary/aromatic N) is 1. The summed E-state index contributed by atoms with van der Waals surface area (Å²) in [4.78, 5) is 26.4. The van der Waals surface area contributed by atoms with Gasteiger partial charge in [0.25, 0.3) is 21.8 Å². The van der Waals surface area contributed by atoms with Gasteiger partial charge in [-0.05, 0) is 55.0 Å². The summed E-state index contributed by atoms with van der Waals surface area (Å²) in [5, 5.41) is 0.324. The van der Waals surface area contributed by atoms with E-state index in [0.29, 0.717) is 21.7 Å². The van der Waals surface area contributed by atoms with Crippen LogP contribution in [0.3, 0.4) is 0 Å². The van der Waals surface area contributed by atoms with E-state index in [1.807, 2.05) is 6.92 Å². The molecule has 152 valence electrons. The van der Waals surface area contributed by atoms with Crippen molar-refractivity contribution >= 4 is 39.1 Å². The number of anilines is 1. The first-order chi connectivity index (χ1) is 14.3. The molecule has 4 rings (SSSR count). The highest BCUT2D eigenvalue weighted by molar-refractivity contribution is 7.92. The van der Waals surface area contributed by atoms with Crippen LogP contribution >= 0.6 is 11.6 Å².